The first-order valence-electron chi connectivity index (χ1n) is 13.2. The molecule has 0 spiro atoms. The standard InChI is InChI=1S/C30H34N4O3/c1-2-32-28(35)24-9-10-25-18-34(19-26(25)17-24)30(37)27(33-29(36)22-11-13-31-14-12-22)16-20-7-8-21-5-3-4-6-23(21)15-20/h3-10,15,17,22,27,31H,2,11-14,16,18-19H2,1H3,(H,32,35)(H,33,36). The lowest BCUT2D eigenvalue weighted by Crippen LogP contribution is -2.50. The van der Waals surface area contributed by atoms with E-state index in [0.29, 0.717) is 31.6 Å². The minimum atomic E-state index is -0.652. The highest BCUT2D eigenvalue weighted by Crippen LogP contribution is 2.26. The first kappa shape index (κ1) is 25.0. The number of nitrogens with one attached hydrogen (secondary N) is 3. The molecule has 3 N–H and O–H groups in total. The van der Waals surface area contributed by atoms with E-state index in [1.54, 1.807) is 4.90 Å². The van der Waals surface area contributed by atoms with Crippen LogP contribution in [0.2, 0.25) is 0 Å². The fraction of sp³-hybridized carbons (Fsp3) is 0.367. The number of fused-ring (bicyclic) bond motifs is 2. The van der Waals surface area contributed by atoms with Gasteiger partial charge in [-0.05, 0) is 72.5 Å². The molecule has 1 unspecified atom stereocenters. The molecule has 0 radical (unpaired) electrons. The Bertz CT molecular complexity index is 1320. The third-order valence-corrected chi connectivity index (χ3v) is 7.42. The monoisotopic (exact) mass is 498 g/mol. The summed E-state index contributed by atoms with van der Waals surface area (Å²) < 4.78 is 0. The summed E-state index contributed by atoms with van der Waals surface area (Å²) in [6.07, 6.45) is 1.98. The molecule has 0 bridgehead atoms. The predicted octanol–water partition coefficient (Wildman–Crippen LogP) is 3.16. The summed E-state index contributed by atoms with van der Waals surface area (Å²) >= 11 is 0. The number of piperidine rings is 1. The quantitative estimate of drug-likeness (QED) is 0.467. The Kier molecular flexibility index (Phi) is 7.51. The fourth-order valence-corrected chi connectivity index (χ4v) is 5.35. The van der Waals surface area contributed by atoms with Gasteiger partial charge in [-0.1, -0.05) is 48.5 Å². The second-order valence-corrected chi connectivity index (χ2v) is 10.0. The van der Waals surface area contributed by atoms with E-state index < -0.39 is 6.04 Å². The lowest BCUT2D eigenvalue weighted by atomic mass is 9.95. The van der Waals surface area contributed by atoms with Gasteiger partial charge in [-0.2, -0.15) is 0 Å². The van der Waals surface area contributed by atoms with Crippen LogP contribution in [0.5, 0.6) is 0 Å². The van der Waals surface area contributed by atoms with E-state index in [-0.39, 0.29) is 23.6 Å². The van der Waals surface area contributed by atoms with Crippen LogP contribution in [-0.2, 0) is 29.1 Å². The average Bonchev–Trinajstić information content (AvgIpc) is 3.36. The number of nitrogens with zero attached hydrogens (tertiary/aromatic N) is 1. The van der Waals surface area contributed by atoms with Crippen molar-refractivity contribution in [2.75, 3.05) is 19.6 Å². The smallest absolute Gasteiger partial charge is 0.251 e. The Hall–Kier alpha value is -3.71. The van der Waals surface area contributed by atoms with Gasteiger partial charge in [0, 0.05) is 37.5 Å². The Balaban J connectivity index is 1.36. The lowest BCUT2D eigenvalue weighted by Gasteiger charge is -2.28. The molecule has 3 amide bonds. The molecule has 2 heterocycles. The molecule has 0 aliphatic carbocycles. The van der Waals surface area contributed by atoms with E-state index in [0.717, 1.165) is 53.4 Å². The van der Waals surface area contributed by atoms with Crippen LogP contribution in [0, 0.1) is 5.92 Å². The zero-order chi connectivity index (χ0) is 25.8. The van der Waals surface area contributed by atoms with Gasteiger partial charge in [0.05, 0.1) is 0 Å². The molecule has 1 atom stereocenters. The molecule has 192 valence electrons. The predicted molar refractivity (Wildman–Crippen MR) is 144 cm³/mol. The topological polar surface area (TPSA) is 90.5 Å². The summed E-state index contributed by atoms with van der Waals surface area (Å²) in [5.74, 6) is -0.330. The molecule has 1 saturated heterocycles. The molecule has 3 aromatic carbocycles. The van der Waals surface area contributed by atoms with Crippen LogP contribution in [0.1, 0.15) is 46.8 Å². The van der Waals surface area contributed by atoms with Crippen molar-refractivity contribution in [1.29, 1.82) is 0 Å². The number of rotatable bonds is 7. The molecule has 0 saturated carbocycles. The van der Waals surface area contributed by atoms with Crippen LogP contribution in [-0.4, -0.2) is 48.3 Å². The average molecular weight is 499 g/mol. The highest BCUT2D eigenvalue weighted by atomic mass is 16.2. The first-order chi connectivity index (χ1) is 18.0. The highest BCUT2D eigenvalue weighted by Gasteiger charge is 2.32. The Morgan fingerprint density at radius 3 is 2.49 bits per heavy atom. The number of carbonyl (C=O) groups is 3. The SMILES string of the molecule is CCNC(=O)c1ccc2c(c1)CN(C(=O)C(Cc1ccc3ccccc3c1)NC(=O)C1CCNCC1)C2. The van der Waals surface area contributed by atoms with Crippen molar-refractivity contribution >= 4 is 28.5 Å². The molecule has 0 aromatic heterocycles. The molecular weight excluding hydrogens is 464 g/mol. The molecule has 37 heavy (non-hydrogen) atoms. The summed E-state index contributed by atoms with van der Waals surface area (Å²) in [5, 5.41) is 11.5. The van der Waals surface area contributed by atoms with Crippen LogP contribution in [0.4, 0.5) is 0 Å². The molecule has 5 rings (SSSR count). The maximum atomic E-state index is 13.8. The summed E-state index contributed by atoms with van der Waals surface area (Å²) in [6, 6.07) is 19.3. The summed E-state index contributed by atoms with van der Waals surface area (Å²) in [7, 11) is 0. The van der Waals surface area contributed by atoms with E-state index in [4.69, 9.17) is 0 Å². The molecule has 2 aliphatic rings. The van der Waals surface area contributed by atoms with E-state index in [1.807, 2.05) is 43.3 Å². The number of amides is 3. The maximum Gasteiger partial charge on any atom is 0.251 e. The lowest BCUT2D eigenvalue weighted by molar-refractivity contribution is -0.138. The van der Waals surface area contributed by atoms with Gasteiger partial charge >= 0.3 is 0 Å². The largest absolute Gasteiger partial charge is 0.352 e. The van der Waals surface area contributed by atoms with Crippen molar-refractivity contribution in [3.63, 3.8) is 0 Å². The van der Waals surface area contributed by atoms with Gasteiger partial charge in [0.2, 0.25) is 11.8 Å². The summed E-state index contributed by atoms with van der Waals surface area (Å²) in [5.41, 5.74) is 3.63. The molecule has 2 aliphatic heterocycles. The highest BCUT2D eigenvalue weighted by molar-refractivity contribution is 5.94. The van der Waals surface area contributed by atoms with Gasteiger partial charge < -0.3 is 20.9 Å². The number of hydrogen-bond acceptors (Lipinski definition) is 4. The van der Waals surface area contributed by atoms with Crippen LogP contribution >= 0.6 is 0 Å². The normalized spacial score (nSPS) is 16.3. The van der Waals surface area contributed by atoms with Crippen molar-refractivity contribution in [3.8, 4) is 0 Å². The van der Waals surface area contributed by atoms with E-state index >= 15 is 0 Å². The third kappa shape index (κ3) is 5.67. The third-order valence-electron chi connectivity index (χ3n) is 7.42. The Morgan fingerprint density at radius 1 is 0.946 bits per heavy atom. The van der Waals surface area contributed by atoms with E-state index in [1.165, 1.54) is 0 Å². The Labute approximate surface area is 217 Å². The minimum absolute atomic E-state index is 0.0455. The molecule has 7 nitrogen and oxygen atoms in total. The molecule has 1 fully saturated rings. The van der Waals surface area contributed by atoms with Gasteiger partial charge in [-0.25, -0.2) is 0 Å². The zero-order valence-corrected chi connectivity index (χ0v) is 21.3. The van der Waals surface area contributed by atoms with Crippen LogP contribution < -0.4 is 16.0 Å². The number of carbonyl (C=O) groups excluding carboxylic acids is 3. The van der Waals surface area contributed by atoms with Gasteiger partial charge in [0.1, 0.15) is 6.04 Å². The van der Waals surface area contributed by atoms with Crippen LogP contribution in [0.25, 0.3) is 10.8 Å². The van der Waals surface area contributed by atoms with Gasteiger partial charge in [-0.3, -0.25) is 14.4 Å². The van der Waals surface area contributed by atoms with Crippen molar-refractivity contribution in [3.05, 3.63) is 82.9 Å². The second kappa shape index (κ2) is 11.1. The maximum absolute atomic E-state index is 13.8. The van der Waals surface area contributed by atoms with Gasteiger partial charge in [-0.15, -0.1) is 0 Å². The van der Waals surface area contributed by atoms with Crippen molar-refractivity contribution in [2.24, 2.45) is 5.92 Å². The summed E-state index contributed by atoms with van der Waals surface area (Å²) in [4.78, 5) is 41.1. The summed E-state index contributed by atoms with van der Waals surface area (Å²) in [6.45, 7) is 4.99. The molecule has 3 aromatic rings. The first-order valence-corrected chi connectivity index (χ1v) is 13.2. The van der Waals surface area contributed by atoms with E-state index in [2.05, 4.69) is 40.2 Å². The van der Waals surface area contributed by atoms with Crippen LogP contribution in [0.15, 0.2) is 60.7 Å². The van der Waals surface area contributed by atoms with Gasteiger partial charge in [0.15, 0.2) is 0 Å². The molecular formula is C30H34N4O3. The Morgan fingerprint density at radius 2 is 1.70 bits per heavy atom. The van der Waals surface area contributed by atoms with Crippen molar-refractivity contribution in [1.82, 2.24) is 20.9 Å². The minimum Gasteiger partial charge on any atom is -0.352 e. The van der Waals surface area contributed by atoms with Crippen molar-refractivity contribution < 1.29 is 14.4 Å². The molecule has 7 heteroatoms. The van der Waals surface area contributed by atoms with Crippen LogP contribution in [0.3, 0.4) is 0 Å². The van der Waals surface area contributed by atoms with Crippen molar-refractivity contribution in [2.45, 2.75) is 45.3 Å². The number of hydrogen-bond donors (Lipinski definition) is 3. The number of benzene rings is 3. The van der Waals surface area contributed by atoms with Gasteiger partial charge in [0.25, 0.3) is 5.91 Å². The zero-order valence-electron chi connectivity index (χ0n) is 21.3. The van der Waals surface area contributed by atoms with E-state index in [9.17, 15) is 14.4 Å². The fourth-order valence-electron chi connectivity index (χ4n) is 5.35. The second-order valence-electron chi connectivity index (χ2n) is 10.0.